The monoisotopic (exact) mass is 306 g/mol. The smallest absolute Gasteiger partial charge is 0.185 e. The number of anilines is 1. The lowest BCUT2D eigenvalue weighted by Crippen LogP contribution is -2.26. The van der Waals surface area contributed by atoms with Crippen LogP contribution in [-0.2, 0) is 13.1 Å². The second-order valence-corrected chi connectivity index (χ2v) is 6.26. The lowest BCUT2D eigenvalue weighted by molar-refractivity contribution is 0.185. The van der Waals surface area contributed by atoms with E-state index in [4.69, 9.17) is 0 Å². The standard InChI is InChI=1S/C15H22N4OS/c1-12-14(21-15(17-12)18(2)3)11-19(7-8-20)10-13-5-4-6-16-9-13/h4-6,9,20H,7-8,10-11H2,1-3H3. The van der Waals surface area contributed by atoms with Crippen LogP contribution >= 0.6 is 11.3 Å². The van der Waals surface area contributed by atoms with E-state index in [-0.39, 0.29) is 6.61 Å². The van der Waals surface area contributed by atoms with Gasteiger partial charge in [-0.1, -0.05) is 6.07 Å². The average molecular weight is 306 g/mol. The molecule has 2 aromatic heterocycles. The summed E-state index contributed by atoms with van der Waals surface area (Å²) in [5, 5.41) is 10.3. The Hall–Kier alpha value is -1.50. The molecule has 114 valence electrons. The fraction of sp³-hybridized carbons (Fsp3) is 0.467. The molecular formula is C15H22N4OS. The van der Waals surface area contributed by atoms with Crippen LogP contribution in [0.4, 0.5) is 5.13 Å². The van der Waals surface area contributed by atoms with Crippen molar-refractivity contribution in [2.75, 3.05) is 32.1 Å². The molecule has 0 radical (unpaired) electrons. The zero-order valence-electron chi connectivity index (χ0n) is 12.8. The summed E-state index contributed by atoms with van der Waals surface area (Å²) in [6.45, 7) is 4.41. The lowest BCUT2D eigenvalue weighted by Gasteiger charge is -2.20. The minimum atomic E-state index is 0.151. The van der Waals surface area contributed by atoms with Gasteiger partial charge in [-0.15, -0.1) is 11.3 Å². The van der Waals surface area contributed by atoms with E-state index in [1.165, 1.54) is 4.88 Å². The lowest BCUT2D eigenvalue weighted by atomic mass is 10.2. The molecule has 0 atom stereocenters. The molecule has 0 spiro atoms. The van der Waals surface area contributed by atoms with Gasteiger partial charge in [-0.25, -0.2) is 4.98 Å². The number of nitrogens with zero attached hydrogens (tertiary/aromatic N) is 4. The summed E-state index contributed by atoms with van der Waals surface area (Å²) in [5.41, 5.74) is 2.22. The summed E-state index contributed by atoms with van der Waals surface area (Å²) in [5.74, 6) is 0. The molecule has 0 aliphatic rings. The Bertz CT molecular complexity index is 556. The van der Waals surface area contributed by atoms with Crippen molar-refractivity contribution in [3.63, 3.8) is 0 Å². The van der Waals surface area contributed by atoms with Crippen LogP contribution in [0.5, 0.6) is 0 Å². The van der Waals surface area contributed by atoms with Crippen molar-refractivity contribution < 1.29 is 5.11 Å². The minimum Gasteiger partial charge on any atom is -0.395 e. The van der Waals surface area contributed by atoms with E-state index in [2.05, 4.69) is 20.9 Å². The van der Waals surface area contributed by atoms with Crippen LogP contribution in [0.25, 0.3) is 0 Å². The SMILES string of the molecule is Cc1nc(N(C)C)sc1CN(CCO)Cc1cccnc1. The molecule has 0 amide bonds. The molecule has 0 saturated heterocycles. The van der Waals surface area contributed by atoms with Gasteiger partial charge < -0.3 is 10.0 Å². The van der Waals surface area contributed by atoms with Gasteiger partial charge in [0.15, 0.2) is 5.13 Å². The molecule has 0 aliphatic heterocycles. The summed E-state index contributed by atoms with van der Waals surface area (Å²) in [7, 11) is 4.01. The molecule has 0 unspecified atom stereocenters. The second-order valence-electron chi connectivity index (χ2n) is 5.19. The Kier molecular flexibility index (Phi) is 5.67. The Morgan fingerprint density at radius 2 is 2.10 bits per heavy atom. The van der Waals surface area contributed by atoms with Crippen molar-refractivity contribution >= 4 is 16.5 Å². The van der Waals surface area contributed by atoms with Crippen LogP contribution in [0, 0.1) is 6.92 Å². The minimum absolute atomic E-state index is 0.151. The number of pyridine rings is 1. The third-order valence-electron chi connectivity index (χ3n) is 3.18. The Labute approximate surface area is 129 Å². The zero-order chi connectivity index (χ0) is 15.2. The van der Waals surface area contributed by atoms with Gasteiger partial charge in [0.1, 0.15) is 0 Å². The third-order valence-corrected chi connectivity index (χ3v) is 4.49. The van der Waals surface area contributed by atoms with Crippen molar-refractivity contribution in [1.29, 1.82) is 0 Å². The molecule has 21 heavy (non-hydrogen) atoms. The summed E-state index contributed by atoms with van der Waals surface area (Å²) in [6, 6.07) is 4.00. The quantitative estimate of drug-likeness (QED) is 0.847. The number of rotatable bonds is 7. The first-order chi connectivity index (χ1) is 10.1. The van der Waals surface area contributed by atoms with Gasteiger partial charge in [0, 0.05) is 51.0 Å². The first-order valence-corrected chi connectivity index (χ1v) is 7.77. The molecule has 6 heteroatoms. The van der Waals surface area contributed by atoms with Crippen molar-refractivity contribution in [3.05, 3.63) is 40.7 Å². The van der Waals surface area contributed by atoms with Crippen molar-refractivity contribution in [2.45, 2.75) is 20.0 Å². The van der Waals surface area contributed by atoms with Gasteiger partial charge in [-0.3, -0.25) is 9.88 Å². The summed E-state index contributed by atoms with van der Waals surface area (Å²) < 4.78 is 0. The van der Waals surface area contributed by atoms with E-state index in [1.54, 1.807) is 17.5 Å². The first kappa shape index (κ1) is 15.9. The maximum absolute atomic E-state index is 9.28. The van der Waals surface area contributed by atoms with Crippen LogP contribution in [0.1, 0.15) is 16.1 Å². The van der Waals surface area contributed by atoms with Crippen LogP contribution in [-0.4, -0.2) is 47.2 Å². The molecule has 5 nitrogen and oxygen atoms in total. The molecular weight excluding hydrogens is 284 g/mol. The molecule has 2 rings (SSSR count). The van der Waals surface area contributed by atoms with Gasteiger partial charge >= 0.3 is 0 Å². The predicted octanol–water partition coefficient (Wildman–Crippen LogP) is 1.91. The fourth-order valence-corrected chi connectivity index (χ4v) is 3.09. The molecule has 2 aromatic rings. The number of hydrogen-bond donors (Lipinski definition) is 1. The molecule has 0 bridgehead atoms. The highest BCUT2D eigenvalue weighted by atomic mass is 32.1. The summed E-state index contributed by atoms with van der Waals surface area (Å²) >= 11 is 1.71. The van der Waals surface area contributed by atoms with E-state index in [1.807, 2.05) is 38.2 Å². The summed E-state index contributed by atoms with van der Waals surface area (Å²) in [4.78, 5) is 14.2. The second kappa shape index (κ2) is 7.49. The van der Waals surface area contributed by atoms with E-state index in [9.17, 15) is 5.11 Å². The zero-order valence-corrected chi connectivity index (χ0v) is 13.6. The number of aliphatic hydroxyl groups is 1. The van der Waals surface area contributed by atoms with Crippen molar-refractivity contribution in [2.24, 2.45) is 0 Å². The highest BCUT2D eigenvalue weighted by molar-refractivity contribution is 7.15. The van der Waals surface area contributed by atoms with Gasteiger partial charge in [0.2, 0.25) is 0 Å². The van der Waals surface area contributed by atoms with E-state index in [0.29, 0.717) is 6.54 Å². The van der Waals surface area contributed by atoms with Gasteiger partial charge in [0.05, 0.1) is 12.3 Å². The molecule has 0 aromatic carbocycles. The van der Waals surface area contributed by atoms with Gasteiger partial charge in [-0.2, -0.15) is 0 Å². The van der Waals surface area contributed by atoms with Crippen LogP contribution in [0.15, 0.2) is 24.5 Å². The maximum Gasteiger partial charge on any atom is 0.185 e. The average Bonchev–Trinajstić information content (AvgIpc) is 2.82. The molecule has 0 fully saturated rings. The molecule has 0 saturated carbocycles. The Balaban J connectivity index is 2.09. The molecule has 0 aliphatic carbocycles. The van der Waals surface area contributed by atoms with E-state index >= 15 is 0 Å². The summed E-state index contributed by atoms with van der Waals surface area (Å²) in [6.07, 6.45) is 3.64. The number of thiazole rings is 1. The first-order valence-electron chi connectivity index (χ1n) is 6.96. The van der Waals surface area contributed by atoms with Gasteiger partial charge in [0.25, 0.3) is 0 Å². The fourth-order valence-electron chi connectivity index (χ4n) is 2.06. The Morgan fingerprint density at radius 3 is 2.67 bits per heavy atom. The number of aliphatic hydroxyl groups excluding tert-OH is 1. The molecule has 1 N–H and O–H groups in total. The number of hydrogen-bond acceptors (Lipinski definition) is 6. The Morgan fingerprint density at radius 1 is 1.29 bits per heavy atom. The van der Waals surface area contributed by atoms with Crippen LogP contribution < -0.4 is 4.90 Å². The van der Waals surface area contributed by atoms with Crippen LogP contribution in [0.3, 0.4) is 0 Å². The van der Waals surface area contributed by atoms with Gasteiger partial charge in [-0.05, 0) is 18.6 Å². The van der Waals surface area contributed by atoms with E-state index < -0.39 is 0 Å². The normalized spacial score (nSPS) is 11.1. The topological polar surface area (TPSA) is 52.5 Å². The highest BCUT2D eigenvalue weighted by Gasteiger charge is 2.13. The van der Waals surface area contributed by atoms with E-state index in [0.717, 1.165) is 29.5 Å². The predicted molar refractivity (Wildman–Crippen MR) is 86.6 cm³/mol. The highest BCUT2D eigenvalue weighted by Crippen LogP contribution is 2.26. The van der Waals surface area contributed by atoms with Crippen LogP contribution in [0.2, 0.25) is 0 Å². The molecule has 2 heterocycles. The number of aryl methyl sites for hydroxylation is 1. The largest absolute Gasteiger partial charge is 0.395 e. The van der Waals surface area contributed by atoms with Crippen molar-refractivity contribution in [3.8, 4) is 0 Å². The number of aromatic nitrogens is 2. The van der Waals surface area contributed by atoms with Crippen molar-refractivity contribution in [1.82, 2.24) is 14.9 Å². The maximum atomic E-state index is 9.28. The third kappa shape index (κ3) is 4.49.